The molecule has 37 heavy (non-hydrogen) atoms. The average Bonchev–Trinajstić information content (AvgIpc) is 3.60. The van der Waals surface area contributed by atoms with Crippen molar-refractivity contribution in [3.05, 3.63) is 35.9 Å². The van der Waals surface area contributed by atoms with Crippen LogP contribution in [0.5, 0.6) is 0 Å². The minimum absolute atomic E-state index is 0.00492. The van der Waals surface area contributed by atoms with Gasteiger partial charge in [-0.2, -0.15) is 0 Å². The lowest BCUT2D eigenvalue weighted by Gasteiger charge is -2.38. The van der Waals surface area contributed by atoms with E-state index in [-0.39, 0.29) is 37.2 Å². The number of likely N-dealkylation sites (tertiary alicyclic amines) is 2. The highest BCUT2D eigenvalue weighted by Crippen LogP contribution is 2.35. The number of esters is 2. The molecule has 1 unspecified atom stereocenters. The van der Waals surface area contributed by atoms with Gasteiger partial charge in [0.1, 0.15) is 18.8 Å². The topological polar surface area (TPSA) is 114 Å². The Labute approximate surface area is 217 Å². The Bertz CT molecular complexity index is 951. The lowest BCUT2D eigenvalue weighted by molar-refractivity contribution is -0.149. The van der Waals surface area contributed by atoms with Crippen molar-refractivity contribution in [2.24, 2.45) is 5.92 Å². The molecular weight excluding hydrogens is 478 g/mol. The molecule has 2 amide bonds. The molecule has 1 aromatic rings. The number of nitrogens with one attached hydrogen (secondary N) is 1. The molecular formula is C27H37N3O7. The highest BCUT2D eigenvalue weighted by atomic mass is 16.6. The predicted octanol–water partition coefficient (Wildman–Crippen LogP) is 2.25. The number of rotatable bonds is 10. The van der Waals surface area contributed by atoms with E-state index < -0.39 is 24.0 Å². The number of carbonyl (C=O) groups excluding carboxylic acids is 4. The largest absolute Gasteiger partial charge is 0.467 e. The SMILES string of the molecule is COC(=O)[C@H](CC1CC[C@H]1OC(=O)N1CCCC1)NC(=O)[C@@H]1CCCN1CC(=O)OCc1ccccc1. The number of carbonyl (C=O) groups is 4. The van der Waals surface area contributed by atoms with Crippen LogP contribution in [0.15, 0.2) is 30.3 Å². The molecule has 1 saturated carbocycles. The second-order valence-electron chi connectivity index (χ2n) is 10.0. The van der Waals surface area contributed by atoms with Gasteiger partial charge in [-0.05, 0) is 63.0 Å². The summed E-state index contributed by atoms with van der Waals surface area (Å²) >= 11 is 0. The van der Waals surface area contributed by atoms with E-state index >= 15 is 0 Å². The van der Waals surface area contributed by atoms with Crippen LogP contribution in [0, 0.1) is 5.92 Å². The molecule has 2 heterocycles. The summed E-state index contributed by atoms with van der Waals surface area (Å²) in [5.41, 5.74) is 0.896. The molecule has 0 bridgehead atoms. The van der Waals surface area contributed by atoms with E-state index in [4.69, 9.17) is 14.2 Å². The van der Waals surface area contributed by atoms with Crippen molar-refractivity contribution in [3.63, 3.8) is 0 Å². The number of benzene rings is 1. The molecule has 1 aliphatic carbocycles. The van der Waals surface area contributed by atoms with Crippen molar-refractivity contribution < 1.29 is 33.4 Å². The van der Waals surface area contributed by atoms with Crippen molar-refractivity contribution in [3.8, 4) is 0 Å². The molecule has 1 aromatic carbocycles. The quantitative estimate of drug-likeness (QED) is 0.373. The van der Waals surface area contributed by atoms with Gasteiger partial charge in [-0.3, -0.25) is 14.5 Å². The van der Waals surface area contributed by atoms with E-state index in [1.54, 1.807) is 9.80 Å². The fourth-order valence-electron chi connectivity index (χ4n) is 5.26. The van der Waals surface area contributed by atoms with Crippen LogP contribution in [0.1, 0.15) is 50.5 Å². The summed E-state index contributed by atoms with van der Waals surface area (Å²) in [5.74, 6) is -1.26. The normalized spacial score (nSPS) is 24.1. The number of hydrogen-bond acceptors (Lipinski definition) is 8. The first kappa shape index (κ1) is 26.9. The smallest absolute Gasteiger partial charge is 0.410 e. The van der Waals surface area contributed by atoms with E-state index in [1.165, 1.54) is 7.11 Å². The Balaban J connectivity index is 1.27. The van der Waals surface area contributed by atoms with Crippen LogP contribution in [-0.2, 0) is 35.2 Å². The van der Waals surface area contributed by atoms with Crippen molar-refractivity contribution >= 4 is 23.9 Å². The number of methoxy groups -OCH3 is 1. The lowest BCUT2D eigenvalue weighted by Crippen LogP contribution is -2.52. The first-order valence-electron chi connectivity index (χ1n) is 13.2. The predicted molar refractivity (Wildman–Crippen MR) is 133 cm³/mol. The second-order valence-corrected chi connectivity index (χ2v) is 10.0. The first-order chi connectivity index (χ1) is 17.9. The molecule has 4 rings (SSSR count). The fraction of sp³-hybridized carbons (Fsp3) is 0.630. The summed E-state index contributed by atoms with van der Waals surface area (Å²) in [6.45, 7) is 2.21. The van der Waals surface area contributed by atoms with Crippen LogP contribution in [0.2, 0.25) is 0 Å². The Morgan fingerprint density at radius 1 is 1.00 bits per heavy atom. The zero-order valence-electron chi connectivity index (χ0n) is 21.4. The molecule has 0 spiro atoms. The van der Waals surface area contributed by atoms with Gasteiger partial charge in [0.15, 0.2) is 0 Å². The zero-order chi connectivity index (χ0) is 26.2. The Hall–Kier alpha value is -3.14. The number of amides is 2. The maximum atomic E-state index is 13.2. The van der Waals surface area contributed by atoms with Crippen LogP contribution >= 0.6 is 0 Å². The molecule has 10 nitrogen and oxygen atoms in total. The fourth-order valence-corrected chi connectivity index (χ4v) is 5.26. The van der Waals surface area contributed by atoms with E-state index in [9.17, 15) is 19.2 Å². The second kappa shape index (κ2) is 12.9. The Morgan fingerprint density at radius 2 is 1.76 bits per heavy atom. The van der Waals surface area contributed by atoms with Gasteiger partial charge in [0.2, 0.25) is 5.91 Å². The lowest BCUT2D eigenvalue weighted by atomic mass is 9.77. The van der Waals surface area contributed by atoms with E-state index in [1.807, 2.05) is 30.3 Å². The highest BCUT2D eigenvalue weighted by molar-refractivity contribution is 5.88. The van der Waals surface area contributed by atoms with Crippen molar-refractivity contribution in [2.75, 3.05) is 33.3 Å². The van der Waals surface area contributed by atoms with Gasteiger partial charge in [0.05, 0.1) is 19.7 Å². The van der Waals surface area contributed by atoms with E-state index in [2.05, 4.69) is 5.32 Å². The van der Waals surface area contributed by atoms with Crippen LogP contribution in [0.3, 0.4) is 0 Å². The van der Waals surface area contributed by atoms with E-state index in [0.29, 0.717) is 19.4 Å². The van der Waals surface area contributed by atoms with Crippen LogP contribution in [0.4, 0.5) is 4.79 Å². The van der Waals surface area contributed by atoms with Crippen LogP contribution in [-0.4, -0.2) is 85.2 Å². The molecule has 1 N–H and O–H groups in total. The summed E-state index contributed by atoms with van der Waals surface area (Å²) in [6.07, 6.45) is 4.66. The summed E-state index contributed by atoms with van der Waals surface area (Å²) in [6, 6.07) is 8.05. The molecule has 202 valence electrons. The van der Waals surface area contributed by atoms with Crippen LogP contribution < -0.4 is 5.32 Å². The summed E-state index contributed by atoms with van der Waals surface area (Å²) < 4.78 is 16.0. The van der Waals surface area contributed by atoms with Gasteiger partial charge in [0, 0.05) is 13.1 Å². The Morgan fingerprint density at radius 3 is 2.43 bits per heavy atom. The van der Waals surface area contributed by atoms with Gasteiger partial charge in [-0.15, -0.1) is 0 Å². The number of nitrogens with zero attached hydrogens (tertiary/aromatic N) is 2. The van der Waals surface area contributed by atoms with Gasteiger partial charge >= 0.3 is 18.0 Å². The summed E-state index contributed by atoms with van der Waals surface area (Å²) in [5, 5.41) is 2.84. The maximum Gasteiger partial charge on any atom is 0.410 e. The molecule has 3 fully saturated rings. The minimum Gasteiger partial charge on any atom is -0.467 e. The Kier molecular flexibility index (Phi) is 9.38. The van der Waals surface area contributed by atoms with Crippen molar-refractivity contribution in [1.82, 2.24) is 15.1 Å². The molecule has 10 heteroatoms. The summed E-state index contributed by atoms with van der Waals surface area (Å²) in [7, 11) is 1.29. The van der Waals surface area contributed by atoms with Crippen LogP contribution in [0.25, 0.3) is 0 Å². The molecule has 3 aliphatic rings. The average molecular weight is 516 g/mol. The first-order valence-corrected chi connectivity index (χ1v) is 13.2. The molecule has 0 radical (unpaired) electrons. The monoisotopic (exact) mass is 515 g/mol. The zero-order valence-corrected chi connectivity index (χ0v) is 21.4. The molecule has 2 aliphatic heterocycles. The highest BCUT2D eigenvalue weighted by Gasteiger charge is 2.40. The number of ether oxygens (including phenoxy) is 3. The van der Waals surface area contributed by atoms with Gasteiger partial charge in [0.25, 0.3) is 0 Å². The third-order valence-corrected chi connectivity index (χ3v) is 7.55. The molecule has 0 aromatic heterocycles. The minimum atomic E-state index is -0.844. The van der Waals surface area contributed by atoms with Crippen molar-refractivity contribution in [1.29, 1.82) is 0 Å². The third kappa shape index (κ3) is 7.21. The van der Waals surface area contributed by atoms with Gasteiger partial charge in [-0.1, -0.05) is 30.3 Å². The third-order valence-electron chi connectivity index (χ3n) is 7.55. The van der Waals surface area contributed by atoms with Crippen molar-refractivity contribution in [2.45, 2.75) is 69.7 Å². The maximum absolute atomic E-state index is 13.2. The molecule has 2 saturated heterocycles. The van der Waals surface area contributed by atoms with Gasteiger partial charge < -0.3 is 24.4 Å². The van der Waals surface area contributed by atoms with Gasteiger partial charge in [-0.25, -0.2) is 9.59 Å². The standard InChI is InChI=1S/C27H37N3O7/c1-35-26(33)21(16-20-11-12-23(20)37-27(34)29-13-5-6-14-29)28-25(32)22-10-7-15-30(22)17-24(31)36-18-19-8-3-2-4-9-19/h2-4,8-9,20-23H,5-7,10-18H2,1H3,(H,28,32)/t20?,21-,22-,23+/m0/s1. The molecule has 4 atom stereocenters. The summed E-state index contributed by atoms with van der Waals surface area (Å²) in [4.78, 5) is 54.0. The number of hydrogen-bond donors (Lipinski definition) is 1. The van der Waals surface area contributed by atoms with E-state index in [0.717, 1.165) is 50.8 Å².